The molecule has 0 saturated carbocycles. The highest BCUT2D eigenvalue weighted by Crippen LogP contribution is 2.23. The van der Waals surface area contributed by atoms with Crippen LogP contribution >= 0.6 is 0 Å². The highest BCUT2D eigenvalue weighted by atomic mass is 16.5. The van der Waals surface area contributed by atoms with Crippen LogP contribution in [0.1, 0.15) is 38.4 Å². The SMILES string of the molecule is CNCc1c(C)nn(C)c1OC(C)CC(C)C. The van der Waals surface area contributed by atoms with Crippen molar-refractivity contribution in [2.75, 3.05) is 7.05 Å². The lowest BCUT2D eigenvalue weighted by atomic mass is 10.1. The summed E-state index contributed by atoms with van der Waals surface area (Å²) in [5, 5.41) is 7.57. The van der Waals surface area contributed by atoms with Gasteiger partial charge in [0, 0.05) is 13.6 Å². The fraction of sp³-hybridized carbons (Fsp3) is 0.769. The maximum Gasteiger partial charge on any atom is 0.216 e. The lowest BCUT2D eigenvalue weighted by Crippen LogP contribution is -2.18. The van der Waals surface area contributed by atoms with E-state index >= 15 is 0 Å². The Kier molecular flexibility index (Phi) is 5.00. The summed E-state index contributed by atoms with van der Waals surface area (Å²) in [6.07, 6.45) is 1.28. The molecule has 17 heavy (non-hydrogen) atoms. The fourth-order valence-electron chi connectivity index (χ4n) is 2.11. The highest BCUT2D eigenvalue weighted by molar-refractivity contribution is 5.30. The number of rotatable bonds is 6. The molecule has 98 valence electrons. The van der Waals surface area contributed by atoms with Gasteiger partial charge in [-0.25, -0.2) is 4.68 Å². The van der Waals surface area contributed by atoms with E-state index in [-0.39, 0.29) is 6.10 Å². The van der Waals surface area contributed by atoms with Gasteiger partial charge in [-0.15, -0.1) is 0 Å². The molecule has 0 spiro atoms. The number of nitrogens with zero attached hydrogens (tertiary/aromatic N) is 2. The van der Waals surface area contributed by atoms with E-state index in [2.05, 4.69) is 31.2 Å². The van der Waals surface area contributed by atoms with E-state index in [1.807, 2.05) is 25.7 Å². The molecule has 0 amide bonds. The van der Waals surface area contributed by atoms with E-state index in [4.69, 9.17) is 4.74 Å². The van der Waals surface area contributed by atoms with Crippen molar-refractivity contribution >= 4 is 0 Å². The Morgan fingerprint density at radius 1 is 1.35 bits per heavy atom. The average Bonchev–Trinajstić information content (AvgIpc) is 2.44. The van der Waals surface area contributed by atoms with Gasteiger partial charge < -0.3 is 10.1 Å². The summed E-state index contributed by atoms with van der Waals surface area (Å²) in [6.45, 7) is 9.35. The van der Waals surface area contributed by atoms with Gasteiger partial charge in [0.2, 0.25) is 5.88 Å². The van der Waals surface area contributed by atoms with Crippen molar-refractivity contribution in [2.45, 2.75) is 46.8 Å². The molecule has 1 heterocycles. The highest BCUT2D eigenvalue weighted by Gasteiger charge is 2.16. The van der Waals surface area contributed by atoms with Crippen LogP contribution in [0.2, 0.25) is 0 Å². The van der Waals surface area contributed by atoms with Crippen LogP contribution in [0.25, 0.3) is 0 Å². The van der Waals surface area contributed by atoms with Crippen LogP contribution in [0.5, 0.6) is 5.88 Å². The molecule has 1 aromatic heterocycles. The second-order valence-corrected chi connectivity index (χ2v) is 5.08. The van der Waals surface area contributed by atoms with Crippen LogP contribution in [0, 0.1) is 12.8 Å². The largest absolute Gasteiger partial charge is 0.475 e. The molecule has 1 N–H and O–H groups in total. The molecule has 0 fully saturated rings. The zero-order valence-electron chi connectivity index (χ0n) is 11.9. The number of aromatic nitrogens is 2. The first-order valence-electron chi connectivity index (χ1n) is 6.29. The second kappa shape index (κ2) is 6.05. The van der Waals surface area contributed by atoms with Crippen molar-refractivity contribution in [1.82, 2.24) is 15.1 Å². The van der Waals surface area contributed by atoms with Gasteiger partial charge in [0.05, 0.1) is 17.4 Å². The number of aryl methyl sites for hydroxylation is 2. The van der Waals surface area contributed by atoms with E-state index in [0.717, 1.165) is 30.1 Å². The first-order valence-corrected chi connectivity index (χ1v) is 6.29. The van der Waals surface area contributed by atoms with E-state index in [1.54, 1.807) is 0 Å². The first kappa shape index (κ1) is 14.0. The molecule has 1 unspecified atom stereocenters. The molecule has 0 aliphatic rings. The van der Waals surface area contributed by atoms with Crippen molar-refractivity contribution < 1.29 is 4.74 Å². The number of hydrogen-bond donors (Lipinski definition) is 1. The van der Waals surface area contributed by atoms with E-state index in [1.165, 1.54) is 0 Å². The van der Waals surface area contributed by atoms with Crippen molar-refractivity contribution in [2.24, 2.45) is 13.0 Å². The molecule has 1 aromatic rings. The van der Waals surface area contributed by atoms with Crippen molar-refractivity contribution in [3.63, 3.8) is 0 Å². The number of nitrogens with one attached hydrogen (secondary N) is 1. The zero-order chi connectivity index (χ0) is 13.0. The minimum absolute atomic E-state index is 0.223. The molecule has 4 heteroatoms. The molecular formula is C13H25N3O. The van der Waals surface area contributed by atoms with Gasteiger partial charge in [-0.2, -0.15) is 5.10 Å². The van der Waals surface area contributed by atoms with E-state index in [0.29, 0.717) is 5.92 Å². The van der Waals surface area contributed by atoms with Gasteiger partial charge in [-0.05, 0) is 33.2 Å². The molecule has 0 aliphatic heterocycles. The van der Waals surface area contributed by atoms with Crippen LogP contribution in [-0.2, 0) is 13.6 Å². The molecule has 1 rings (SSSR count). The molecule has 1 atom stereocenters. The standard InChI is InChI=1S/C13H25N3O/c1-9(2)7-10(3)17-13-12(8-14-5)11(4)15-16(13)6/h9-10,14H,7-8H2,1-6H3. The smallest absolute Gasteiger partial charge is 0.216 e. The molecular weight excluding hydrogens is 214 g/mol. The molecule has 0 radical (unpaired) electrons. The summed E-state index contributed by atoms with van der Waals surface area (Å²) in [5.74, 6) is 1.54. The molecule has 0 aromatic carbocycles. The van der Waals surface area contributed by atoms with Crippen molar-refractivity contribution in [1.29, 1.82) is 0 Å². The molecule has 4 nitrogen and oxygen atoms in total. The third-order valence-corrected chi connectivity index (χ3v) is 2.76. The topological polar surface area (TPSA) is 39.1 Å². The van der Waals surface area contributed by atoms with Gasteiger partial charge in [0.25, 0.3) is 0 Å². The Bertz CT molecular complexity index is 358. The Hall–Kier alpha value is -1.03. The monoisotopic (exact) mass is 239 g/mol. The Morgan fingerprint density at radius 3 is 2.53 bits per heavy atom. The maximum absolute atomic E-state index is 6.02. The van der Waals surface area contributed by atoms with Crippen LogP contribution in [0.4, 0.5) is 0 Å². The summed E-state index contributed by atoms with van der Waals surface area (Å²) >= 11 is 0. The Balaban J connectivity index is 2.81. The van der Waals surface area contributed by atoms with Gasteiger partial charge in [0.15, 0.2) is 0 Å². The normalized spacial score (nSPS) is 13.1. The van der Waals surface area contributed by atoms with E-state index < -0.39 is 0 Å². The summed E-state index contributed by atoms with van der Waals surface area (Å²) in [4.78, 5) is 0. The summed E-state index contributed by atoms with van der Waals surface area (Å²) in [5.41, 5.74) is 2.19. The number of ether oxygens (including phenoxy) is 1. The average molecular weight is 239 g/mol. The van der Waals surface area contributed by atoms with Crippen LogP contribution in [0.3, 0.4) is 0 Å². The lowest BCUT2D eigenvalue weighted by Gasteiger charge is -2.17. The van der Waals surface area contributed by atoms with Gasteiger partial charge in [-0.1, -0.05) is 13.8 Å². The lowest BCUT2D eigenvalue weighted by molar-refractivity contribution is 0.175. The fourth-order valence-corrected chi connectivity index (χ4v) is 2.11. The van der Waals surface area contributed by atoms with Gasteiger partial charge in [0.1, 0.15) is 0 Å². The Morgan fingerprint density at radius 2 is 2.00 bits per heavy atom. The van der Waals surface area contributed by atoms with Crippen LogP contribution < -0.4 is 10.1 Å². The van der Waals surface area contributed by atoms with Gasteiger partial charge in [-0.3, -0.25) is 0 Å². The third kappa shape index (κ3) is 3.73. The second-order valence-electron chi connectivity index (χ2n) is 5.08. The van der Waals surface area contributed by atoms with Crippen molar-refractivity contribution in [3.8, 4) is 5.88 Å². The zero-order valence-corrected chi connectivity index (χ0v) is 11.9. The molecule has 0 aliphatic carbocycles. The predicted molar refractivity (Wildman–Crippen MR) is 70.3 cm³/mol. The Labute approximate surface area is 104 Å². The van der Waals surface area contributed by atoms with E-state index in [9.17, 15) is 0 Å². The number of hydrogen-bond acceptors (Lipinski definition) is 3. The molecule has 0 bridgehead atoms. The minimum Gasteiger partial charge on any atom is -0.475 e. The maximum atomic E-state index is 6.02. The summed E-state index contributed by atoms with van der Waals surface area (Å²) < 4.78 is 7.85. The minimum atomic E-state index is 0.223. The predicted octanol–water partition coefficient (Wildman–Crippen LogP) is 2.26. The third-order valence-electron chi connectivity index (χ3n) is 2.76. The van der Waals surface area contributed by atoms with Crippen molar-refractivity contribution in [3.05, 3.63) is 11.3 Å². The van der Waals surface area contributed by atoms with Crippen LogP contribution in [-0.4, -0.2) is 22.9 Å². The van der Waals surface area contributed by atoms with Gasteiger partial charge >= 0.3 is 0 Å². The van der Waals surface area contributed by atoms with Crippen LogP contribution in [0.15, 0.2) is 0 Å². The first-order chi connectivity index (χ1) is 7.95. The quantitative estimate of drug-likeness (QED) is 0.827. The summed E-state index contributed by atoms with van der Waals surface area (Å²) in [6, 6.07) is 0. The summed E-state index contributed by atoms with van der Waals surface area (Å²) in [7, 11) is 3.87. The molecule has 0 saturated heterocycles.